The molecule has 0 saturated heterocycles. The predicted octanol–water partition coefficient (Wildman–Crippen LogP) is 1.29. The first-order valence-electron chi connectivity index (χ1n) is 6.23. The summed E-state index contributed by atoms with van der Waals surface area (Å²) >= 11 is 0. The van der Waals surface area contributed by atoms with E-state index in [2.05, 4.69) is 15.4 Å². The smallest absolute Gasteiger partial charge is 0.252 e. The molecule has 2 aromatic rings. The van der Waals surface area contributed by atoms with E-state index in [9.17, 15) is 9.18 Å². The number of amides is 1. The van der Waals surface area contributed by atoms with Crippen molar-refractivity contribution in [3.8, 4) is 6.07 Å². The first-order valence-corrected chi connectivity index (χ1v) is 6.23. The number of carbonyl (C=O) groups excluding carboxylic acids is 1. The van der Waals surface area contributed by atoms with E-state index in [-0.39, 0.29) is 23.8 Å². The van der Waals surface area contributed by atoms with E-state index in [1.807, 2.05) is 6.07 Å². The van der Waals surface area contributed by atoms with Crippen molar-refractivity contribution in [3.05, 3.63) is 36.2 Å². The molecule has 21 heavy (non-hydrogen) atoms. The molecule has 1 aromatic carbocycles. The molecule has 0 saturated carbocycles. The number of aryl methyl sites for hydroxylation is 1. The Labute approximate surface area is 120 Å². The van der Waals surface area contributed by atoms with Gasteiger partial charge in [0, 0.05) is 18.7 Å². The molecule has 7 nitrogen and oxygen atoms in total. The summed E-state index contributed by atoms with van der Waals surface area (Å²) in [5.74, 6) is -0.770. The molecule has 0 fully saturated rings. The van der Waals surface area contributed by atoms with Crippen LogP contribution in [-0.4, -0.2) is 20.7 Å². The summed E-state index contributed by atoms with van der Waals surface area (Å²) < 4.78 is 14.9. The quantitative estimate of drug-likeness (QED) is 0.805. The van der Waals surface area contributed by atoms with Gasteiger partial charge >= 0.3 is 0 Å². The number of rotatable bonds is 5. The maximum absolute atomic E-state index is 13.4. The molecule has 0 spiro atoms. The summed E-state index contributed by atoms with van der Waals surface area (Å²) in [7, 11) is 0. The first kappa shape index (κ1) is 14.5. The number of halogens is 1. The van der Waals surface area contributed by atoms with Crippen LogP contribution in [0, 0.1) is 17.1 Å². The van der Waals surface area contributed by atoms with Gasteiger partial charge in [-0.15, -0.1) is 5.10 Å². The van der Waals surface area contributed by atoms with Crippen LogP contribution in [0.4, 0.5) is 15.8 Å². The van der Waals surface area contributed by atoms with Gasteiger partial charge in [-0.1, -0.05) is 0 Å². The minimum absolute atomic E-state index is 0.0625. The van der Waals surface area contributed by atoms with Crippen LogP contribution in [-0.2, 0) is 11.3 Å². The second-order valence-corrected chi connectivity index (χ2v) is 4.33. The molecule has 108 valence electrons. The number of nitrogen functional groups attached to an aromatic ring is 1. The zero-order valence-corrected chi connectivity index (χ0v) is 11.1. The number of hydrogen-bond acceptors (Lipinski definition) is 5. The number of hydrogen-bond donors (Lipinski definition) is 2. The largest absolute Gasteiger partial charge is 0.399 e. The number of nitrogens with zero attached hydrogens (tertiary/aromatic N) is 4. The van der Waals surface area contributed by atoms with Gasteiger partial charge in [-0.25, -0.2) is 9.37 Å². The molecule has 0 aliphatic heterocycles. The second-order valence-electron chi connectivity index (χ2n) is 4.33. The molecule has 0 atom stereocenters. The van der Waals surface area contributed by atoms with Crippen molar-refractivity contribution >= 4 is 17.3 Å². The van der Waals surface area contributed by atoms with Gasteiger partial charge in [-0.2, -0.15) is 5.26 Å². The normalized spacial score (nSPS) is 10.1. The fourth-order valence-corrected chi connectivity index (χ4v) is 1.71. The van der Waals surface area contributed by atoms with Crippen LogP contribution >= 0.6 is 0 Å². The molecular formula is C13H13FN6O. The third-order valence-corrected chi connectivity index (χ3v) is 2.69. The Hall–Kier alpha value is -2.95. The molecule has 2 rings (SSSR count). The number of aromatic nitrogens is 3. The second kappa shape index (κ2) is 6.47. The SMILES string of the molecule is N#Cc1ncn(CCCC(=O)Nc2cc(N)ccc2F)n1. The summed E-state index contributed by atoms with van der Waals surface area (Å²) in [4.78, 5) is 15.5. The first-order chi connectivity index (χ1) is 10.1. The van der Waals surface area contributed by atoms with E-state index in [4.69, 9.17) is 11.0 Å². The summed E-state index contributed by atoms with van der Waals surface area (Å²) in [6, 6.07) is 5.80. The van der Waals surface area contributed by atoms with Gasteiger partial charge in [0.2, 0.25) is 5.91 Å². The standard InChI is InChI=1S/C13H13FN6O/c14-10-4-3-9(16)6-11(10)18-13(21)2-1-5-20-8-17-12(7-15)19-20/h3-4,6,8H,1-2,5,16H2,(H,18,21). The molecule has 0 bridgehead atoms. The lowest BCUT2D eigenvalue weighted by Crippen LogP contribution is -2.14. The van der Waals surface area contributed by atoms with Crippen LogP contribution in [0.5, 0.6) is 0 Å². The van der Waals surface area contributed by atoms with E-state index in [1.165, 1.54) is 29.2 Å². The van der Waals surface area contributed by atoms with E-state index in [1.54, 1.807) is 0 Å². The van der Waals surface area contributed by atoms with Crippen molar-refractivity contribution in [1.82, 2.24) is 14.8 Å². The maximum atomic E-state index is 13.4. The lowest BCUT2D eigenvalue weighted by atomic mass is 10.2. The van der Waals surface area contributed by atoms with Crippen molar-refractivity contribution in [2.75, 3.05) is 11.1 Å². The van der Waals surface area contributed by atoms with Crippen molar-refractivity contribution in [2.24, 2.45) is 0 Å². The van der Waals surface area contributed by atoms with Crippen LogP contribution in [0.15, 0.2) is 24.5 Å². The molecule has 0 aliphatic rings. The van der Waals surface area contributed by atoms with Gasteiger partial charge in [0.25, 0.3) is 5.82 Å². The monoisotopic (exact) mass is 288 g/mol. The summed E-state index contributed by atoms with van der Waals surface area (Å²) in [5.41, 5.74) is 5.97. The number of carbonyl (C=O) groups is 1. The molecule has 0 unspecified atom stereocenters. The Kier molecular flexibility index (Phi) is 4.46. The third kappa shape index (κ3) is 4.01. The summed E-state index contributed by atoms with van der Waals surface area (Å²) in [6.07, 6.45) is 2.11. The van der Waals surface area contributed by atoms with Gasteiger partial charge < -0.3 is 11.1 Å². The zero-order valence-electron chi connectivity index (χ0n) is 11.1. The van der Waals surface area contributed by atoms with E-state index in [0.717, 1.165) is 0 Å². The zero-order chi connectivity index (χ0) is 15.2. The Morgan fingerprint density at radius 1 is 1.52 bits per heavy atom. The van der Waals surface area contributed by atoms with Crippen molar-refractivity contribution in [1.29, 1.82) is 5.26 Å². The highest BCUT2D eigenvalue weighted by atomic mass is 19.1. The van der Waals surface area contributed by atoms with Crippen molar-refractivity contribution in [3.63, 3.8) is 0 Å². The van der Waals surface area contributed by atoms with Gasteiger partial charge in [0.1, 0.15) is 18.2 Å². The number of benzene rings is 1. The van der Waals surface area contributed by atoms with E-state index >= 15 is 0 Å². The number of nitriles is 1. The highest BCUT2D eigenvalue weighted by molar-refractivity contribution is 5.91. The molecule has 0 aliphatic carbocycles. The van der Waals surface area contributed by atoms with Crippen molar-refractivity contribution in [2.45, 2.75) is 19.4 Å². The van der Waals surface area contributed by atoms with Crippen LogP contribution in [0.25, 0.3) is 0 Å². The summed E-state index contributed by atoms with van der Waals surface area (Å²) in [6.45, 7) is 0.446. The van der Waals surface area contributed by atoms with Crippen molar-refractivity contribution < 1.29 is 9.18 Å². The Morgan fingerprint density at radius 3 is 3.05 bits per heavy atom. The van der Waals surface area contributed by atoms with Crippen LogP contribution in [0.2, 0.25) is 0 Å². The lowest BCUT2D eigenvalue weighted by molar-refractivity contribution is -0.116. The molecule has 3 N–H and O–H groups in total. The van der Waals surface area contributed by atoms with Gasteiger partial charge in [0.15, 0.2) is 0 Å². The number of nitrogens with one attached hydrogen (secondary N) is 1. The highest BCUT2D eigenvalue weighted by Gasteiger charge is 2.08. The molecule has 1 aromatic heterocycles. The van der Waals surface area contributed by atoms with Crippen LogP contribution in [0.1, 0.15) is 18.7 Å². The average molecular weight is 288 g/mol. The molecule has 1 heterocycles. The summed E-state index contributed by atoms with van der Waals surface area (Å²) in [5, 5.41) is 14.9. The number of anilines is 2. The molecular weight excluding hydrogens is 275 g/mol. The molecule has 0 radical (unpaired) electrons. The van der Waals surface area contributed by atoms with Gasteiger partial charge in [-0.05, 0) is 24.6 Å². The van der Waals surface area contributed by atoms with E-state index < -0.39 is 5.82 Å². The minimum Gasteiger partial charge on any atom is -0.399 e. The average Bonchev–Trinajstić information content (AvgIpc) is 2.91. The highest BCUT2D eigenvalue weighted by Crippen LogP contribution is 2.17. The fourth-order valence-electron chi connectivity index (χ4n) is 1.71. The topological polar surface area (TPSA) is 110 Å². The van der Waals surface area contributed by atoms with Gasteiger partial charge in [0.05, 0.1) is 5.69 Å². The third-order valence-electron chi connectivity index (χ3n) is 2.69. The van der Waals surface area contributed by atoms with Crippen LogP contribution < -0.4 is 11.1 Å². The number of nitrogens with two attached hydrogens (primary N) is 1. The Bertz CT molecular complexity index is 690. The lowest BCUT2D eigenvalue weighted by Gasteiger charge is -2.07. The maximum Gasteiger partial charge on any atom is 0.252 e. The Balaban J connectivity index is 1.82. The van der Waals surface area contributed by atoms with Gasteiger partial charge in [-0.3, -0.25) is 9.48 Å². The van der Waals surface area contributed by atoms with Crippen LogP contribution in [0.3, 0.4) is 0 Å². The molecule has 1 amide bonds. The fraction of sp³-hybridized carbons (Fsp3) is 0.231. The Morgan fingerprint density at radius 2 is 2.33 bits per heavy atom. The minimum atomic E-state index is -0.535. The predicted molar refractivity (Wildman–Crippen MR) is 73.4 cm³/mol. The van der Waals surface area contributed by atoms with E-state index in [0.29, 0.717) is 18.7 Å². The molecule has 8 heteroatoms.